The fraction of sp³-hybridized carbons (Fsp3) is 0.857. The van der Waals surface area contributed by atoms with Crippen molar-refractivity contribution in [2.75, 3.05) is 13.7 Å². The second kappa shape index (κ2) is 3.53. The van der Waals surface area contributed by atoms with Crippen LogP contribution in [0.15, 0.2) is 0 Å². The maximum absolute atomic E-state index is 12.1. The molecule has 76 valence electrons. The Hall–Kier alpha value is -0.780. The summed E-state index contributed by atoms with van der Waals surface area (Å²) in [5.41, 5.74) is 0. The van der Waals surface area contributed by atoms with Crippen molar-refractivity contribution in [1.29, 1.82) is 0 Å². The van der Waals surface area contributed by atoms with Crippen molar-refractivity contribution in [3.63, 3.8) is 0 Å². The Kier molecular flexibility index (Phi) is 2.80. The smallest absolute Gasteiger partial charge is 0.393 e. The first kappa shape index (κ1) is 10.3. The van der Waals surface area contributed by atoms with Gasteiger partial charge in [0.1, 0.15) is 6.04 Å². The molecule has 0 spiro atoms. The molecule has 0 aromatic heterocycles. The second-order valence-corrected chi connectivity index (χ2v) is 2.96. The van der Waals surface area contributed by atoms with Gasteiger partial charge in [0.15, 0.2) is 0 Å². The molecule has 1 saturated heterocycles. The van der Waals surface area contributed by atoms with Crippen LogP contribution in [0.1, 0.15) is 6.42 Å². The lowest BCUT2D eigenvalue weighted by atomic mass is 10.1. The summed E-state index contributed by atoms with van der Waals surface area (Å²) < 4.78 is 40.7. The van der Waals surface area contributed by atoms with Crippen molar-refractivity contribution >= 4 is 5.97 Å². The zero-order valence-electron chi connectivity index (χ0n) is 7.02. The standard InChI is InChI=1S/C7H10F3NO2/c1-13-6(12)5-2-4(3-11-5)7(8,9)10/h4-5,11H,2-3H2,1H3/t4?,5-/m0/s1. The number of alkyl halides is 3. The molecule has 0 bridgehead atoms. The van der Waals surface area contributed by atoms with Gasteiger partial charge in [0.25, 0.3) is 0 Å². The minimum Gasteiger partial charge on any atom is -0.468 e. The third-order valence-electron chi connectivity index (χ3n) is 2.08. The highest BCUT2D eigenvalue weighted by Gasteiger charge is 2.45. The number of halogens is 3. The largest absolute Gasteiger partial charge is 0.468 e. The Morgan fingerprint density at radius 3 is 2.54 bits per heavy atom. The summed E-state index contributed by atoms with van der Waals surface area (Å²) in [5.74, 6) is -2.07. The van der Waals surface area contributed by atoms with Crippen LogP contribution < -0.4 is 5.32 Å². The van der Waals surface area contributed by atoms with E-state index in [1.165, 1.54) is 0 Å². The summed E-state index contributed by atoms with van der Waals surface area (Å²) in [5, 5.41) is 2.47. The van der Waals surface area contributed by atoms with Gasteiger partial charge in [-0.15, -0.1) is 0 Å². The van der Waals surface area contributed by atoms with Crippen molar-refractivity contribution in [2.24, 2.45) is 5.92 Å². The van der Waals surface area contributed by atoms with Gasteiger partial charge >= 0.3 is 12.1 Å². The van der Waals surface area contributed by atoms with Crippen LogP contribution in [0.3, 0.4) is 0 Å². The number of nitrogens with one attached hydrogen (secondary N) is 1. The van der Waals surface area contributed by atoms with Gasteiger partial charge in [-0.2, -0.15) is 13.2 Å². The van der Waals surface area contributed by atoms with Crippen LogP contribution in [-0.4, -0.2) is 31.8 Å². The summed E-state index contributed by atoms with van der Waals surface area (Å²) in [6, 6.07) is -0.809. The minimum absolute atomic E-state index is 0.205. The third-order valence-corrected chi connectivity index (χ3v) is 2.08. The van der Waals surface area contributed by atoms with E-state index in [2.05, 4.69) is 10.1 Å². The highest BCUT2D eigenvalue weighted by molar-refractivity contribution is 5.76. The molecule has 1 aliphatic heterocycles. The molecule has 1 fully saturated rings. The van der Waals surface area contributed by atoms with Gasteiger partial charge < -0.3 is 10.1 Å². The summed E-state index contributed by atoms with van der Waals surface area (Å²) in [7, 11) is 1.16. The van der Waals surface area contributed by atoms with E-state index in [0.717, 1.165) is 7.11 Å². The molecule has 1 aliphatic rings. The minimum atomic E-state index is -4.23. The van der Waals surface area contributed by atoms with Crippen LogP contribution in [0.5, 0.6) is 0 Å². The fourth-order valence-electron chi connectivity index (χ4n) is 1.31. The molecular weight excluding hydrogens is 187 g/mol. The van der Waals surface area contributed by atoms with E-state index in [1.807, 2.05) is 0 Å². The molecule has 0 amide bonds. The molecule has 13 heavy (non-hydrogen) atoms. The maximum Gasteiger partial charge on any atom is 0.393 e. The van der Waals surface area contributed by atoms with Crippen LogP contribution in [0.25, 0.3) is 0 Å². The lowest BCUT2D eigenvalue weighted by Crippen LogP contribution is -2.31. The van der Waals surface area contributed by atoms with Gasteiger partial charge in [0.2, 0.25) is 0 Å². The summed E-state index contributed by atoms with van der Waals surface area (Å²) in [6.07, 6.45) is -4.45. The maximum atomic E-state index is 12.1. The first-order chi connectivity index (χ1) is 5.95. The van der Waals surface area contributed by atoms with Gasteiger partial charge in [-0.25, -0.2) is 0 Å². The van der Waals surface area contributed by atoms with Crippen molar-refractivity contribution < 1.29 is 22.7 Å². The molecule has 0 radical (unpaired) electrons. The molecule has 0 aromatic carbocycles. The molecule has 3 nitrogen and oxygen atoms in total. The lowest BCUT2D eigenvalue weighted by Gasteiger charge is -2.12. The van der Waals surface area contributed by atoms with Gasteiger partial charge in [-0.3, -0.25) is 4.79 Å². The van der Waals surface area contributed by atoms with Gasteiger partial charge in [-0.1, -0.05) is 0 Å². The fourth-order valence-corrected chi connectivity index (χ4v) is 1.31. The topological polar surface area (TPSA) is 38.3 Å². The van der Waals surface area contributed by atoms with Crippen molar-refractivity contribution in [3.8, 4) is 0 Å². The third kappa shape index (κ3) is 2.33. The monoisotopic (exact) mass is 197 g/mol. The van der Waals surface area contributed by atoms with Crippen molar-refractivity contribution in [1.82, 2.24) is 5.32 Å². The quantitative estimate of drug-likeness (QED) is 0.629. The summed E-state index contributed by atoms with van der Waals surface area (Å²) in [6.45, 7) is -0.205. The first-order valence-electron chi connectivity index (χ1n) is 3.83. The van der Waals surface area contributed by atoms with E-state index >= 15 is 0 Å². The van der Waals surface area contributed by atoms with Gasteiger partial charge in [0, 0.05) is 6.54 Å². The predicted molar refractivity (Wildman–Crippen MR) is 38.0 cm³/mol. The number of hydrogen-bond donors (Lipinski definition) is 1. The number of rotatable bonds is 1. The Balaban J connectivity index is 2.50. The van der Waals surface area contributed by atoms with E-state index in [1.54, 1.807) is 0 Å². The average Bonchev–Trinajstić information content (AvgIpc) is 2.50. The Morgan fingerprint density at radius 1 is 1.54 bits per heavy atom. The normalized spacial score (nSPS) is 28.9. The van der Waals surface area contributed by atoms with Crippen LogP contribution >= 0.6 is 0 Å². The number of hydrogen-bond acceptors (Lipinski definition) is 3. The van der Waals surface area contributed by atoms with Gasteiger partial charge in [-0.05, 0) is 6.42 Å². The molecular formula is C7H10F3NO2. The molecule has 6 heteroatoms. The second-order valence-electron chi connectivity index (χ2n) is 2.96. The van der Waals surface area contributed by atoms with Crippen molar-refractivity contribution in [3.05, 3.63) is 0 Å². The number of carbonyl (C=O) groups excluding carboxylic acids is 1. The number of esters is 1. The van der Waals surface area contributed by atoms with Crippen molar-refractivity contribution in [2.45, 2.75) is 18.6 Å². The molecule has 1 rings (SSSR count). The summed E-state index contributed by atoms with van der Waals surface area (Å²) >= 11 is 0. The van der Waals surface area contributed by atoms with E-state index < -0.39 is 24.1 Å². The number of methoxy groups -OCH3 is 1. The van der Waals surface area contributed by atoms with E-state index in [0.29, 0.717) is 0 Å². The highest BCUT2D eigenvalue weighted by Crippen LogP contribution is 2.32. The number of carbonyl (C=O) groups is 1. The van der Waals surface area contributed by atoms with Crippen LogP contribution in [-0.2, 0) is 9.53 Å². The van der Waals surface area contributed by atoms with Crippen LogP contribution in [0.2, 0.25) is 0 Å². The zero-order chi connectivity index (χ0) is 10.1. The molecule has 2 atom stereocenters. The predicted octanol–water partition coefficient (Wildman–Crippen LogP) is 0.700. The van der Waals surface area contributed by atoms with E-state index in [-0.39, 0.29) is 13.0 Å². The Labute approximate surface area is 73.2 Å². The van der Waals surface area contributed by atoms with Crippen LogP contribution in [0.4, 0.5) is 13.2 Å². The summed E-state index contributed by atoms with van der Waals surface area (Å²) in [4.78, 5) is 10.8. The molecule has 0 saturated carbocycles. The first-order valence-corrected chi connectivity index (χ1v) is 3.83. The molecule has 1 heterocycles. The molecule has 0 aliphatic carbocycles. The average molecular weight is 197 g/mol. The van der Waals surface area contributed by atoms with E-state index in [4.69, 9.17) is 0 Å². The Bertz CT molecular complexity index is 204. The Morgan fingerprint density at radius 2 is 2.15 bits per heavy atom. The zero-order valence-corrected chi connectivity index (χ0v) is 7.02. The van der Waals surface area contributed by atoms with Gasteiger partial charge in [0.05, 0.1) is 13.0 Å². The van der Waals surface area contributed by atoms with E-state index in [9.17, 15) is 18.0 Å². The molecule has 0 aromatic rings. The highest BCUT2D eigenvalue weighted by atomic mass is 19.4. The molecule has 1 unspecified atom stereocenters. The van der Waals surface area contributed by atoms with Crippen LogP contribution in [0, 0.1) is 5.92 Å². The lowest BCUT2D eigenvalue weighted by molar-refractivity contribution is -0.169. The molecule has 1 N–H and O–H groups in total. The number of ether oxygens (including phenoxy) is 1. The SMILES string of the molecule is COC(=O)[C@@H]1CC(C(F)(F)F)CN1.